The first-order valence-corrected chi connectivity index (χ1v) is 6.10. The molecule has 0 unspecified atom stereocenters. The van der Waals surface area contributed by atoms with Gasteiger partial charge in [-0.05, 0) is 0 Å². The van der Waals surface area contributed by atoms with E-state index in [1.165, 1.54) is 0 Å². The van der Waals surface area contributed by atoms with Crippen molar-refractivity contribution in [3.05, 3.63) is 11.5 Å². The van der Waals surface area contributed by atoms with Gasteiger partial charge in [0.15, 0.2) is 12.0 Å². The smallest absolute Gasteiger partial charge is 0.362 e. The van der Waals surface area contributed by atoms with Crippen LogP contribution in [0.4, 0.5) is 6.01 Å². The van der Waals surface area contributed by atoms with Crippen molar-refractivity contribution in [3.63, 3.8) is 0 Å². The zero-order valence-electron chi connectivity index (χ0n) is 8.41. The topological polar surface area (TPSA) is 136 Å². The molecule has 0 saturated heterocycles. The molecule has 1 rings (SSSR count). The molecule has 9 heteroatoms. The molecule has 0 fully saturated rings. The summed E-state index contributed by atoms with van der Waals surface area (Å²) in [4.78, 5) is 31.9. The maximum absolute atomic E-state index is 11.3. The molecule has 4 N–H and O–H groups in total. The van der Waals surface area contributed by atoms with Crippen molar-refractivity contribution in [1.29, 1.82) is 0 Å². The van der Waals surface area contributed by atoms with E-state index in [2.05, 4.69) is 9.72 Å². The van der Waals surface area contributed by atoms with Crippen LogP contribution in [0.15, 0.2) is 4.42 Å². The quantitative estimate of drug-likeness (QED) is 0.506. The van der Waals surface area contributed by atoms with Crippen LogP contribution >= 0.6 is 7.60 Å². The number of nitrogens with two attached hydrogens (primary N) is 1. The Hall–Kier alpha value is -1.37. The molecule has 0 saturated carbocycles. The minimum Gasteiger partial charge on any atom is -0.448 e. The molecule has 0 bridgehead atoms. The summed E-state index contributed by atoms with van der Waals surface area (Å²) in [6.45, 7) is 1.71. The normalized spacial score (nSPS) is 11.4. The Morgan fingerprint density at radius 2 is 2.25 bits per heavy atom. The molecule has 1 aromatic heterocycles. The molecule has 0 aliphatic carbocycles. The van der Waals surface area contributed by atoms with Crippen molar-refractivity contribution in [3.8, 4) is 0 Å². The summed E-state index contributed by atoms with van der Waals surface area (Å²) in [6, 6.07) is -0.194. The summed E-state index contributed by atoms with van der Waals surface area (Å²) < 4.78 is 19.7. The zero-order chi connectivity index (χ0) is 12.3. The van der Waals surface area contributed by atoms with Crippen LogP contribution in [0.2, 0.25) is 0 Å². The number of ether oxygens (including phenoxy) is 1. The van der Waals surface area contributed by atoms with Gasteiger partial charge in [-0.2, -0.15) is 4.98 Å². The van der Waals surface area contributed by atoms with Crippen LogP contribution in [0, 0.1) is 0 Å². The summed E-state index contributed by atoms with van der Waals surface area (Å²) in [6.07, 6.45) is -0.633. The Morgan fingerprint density at radius 3 is 2.75 bits per heavy atom. The van der Waals surface area contributed by atoms with Crippen molar-refractivity contribution >= 4 is 19.6 Å². The lowest BCUT2D eigenvalue weighted by Gasteiger charge is -2.04. The van der Waals surface area contributed by atoms with Crippen molar-refractivity contribution in [1.82, 2.24) is 4.98 Å². The van der Waals surface area contributed by atoms with Gasteiger partial charge >= 0.3 is 13.6 Å². The number of rotatable bonds is 4. The Bertz CT molecular complexity index is 436. The number of anilines is 1. The highest BCUT2D eigenvalue weighted by molar-refractivity contribution is 7.51. The number of hydrogen-bond acceptors (Lipinski definition) is 6. The van der Waals surface area contributed by atoms with Gasteiger partial charge < -0.3 is 24.7 Å². The lowest BCUT2D eigenvalue weighted by molar-refractivity contribution is 0.0541. The fourth-order valence-corrected chi connectivity index (χ4v) is 1.27. The van der Waals surface area contributed by atoms with Crippen molar-refractivity contribution in [2.45, 2.75) is 13.3 Å². The van der Waals surface area contributed by atoms with E-state index in [0.717, 1.165) is 0 Å². The van der Waals surface area contributed by atoms with Gasteiger partial charge in [-0.15, -0.1) is 0 Å². The molecule has 0 aliphatic heterocycles. The zero-order valence-corrected chi connectivity index (χ0v) is 9.31. The monoisotopic (exact) mass is 250 g/mol. The third-order valence-corrected chi connectivity index (χ3v) is 2.06. The summed E-state index contributed by atoms with van der Waals surface area (Å²) >= 11 is 0. The number of carbonyl (C=O) groups is 1. The molecule has 90 valence electrons. The Morgan fingerprint density at radius 1 is 1.62 bits per heavy atom. The van der Waals surface area contributed by atoms with Gasteiger partial charge in [0.2, 0.25) is 0 Å². The highest BCUT2D eigenvalue weighted by Gasteiger charge is 2.23. The van der Waals surface area contributed by atoms with E-state index in [4.69, 9.17) is 19.9 Å². The van der Waals surface area contributed by atoms with Gasteiger partial charge in [0, 0.05) is 6.42 Å². The number of nitrogens with zero attached hydrogens (tertiary/aromatic N) is 1. The molecule has 1 aromatic rings. The minimum atomic E-state index is -4.39. The number of nitrogen functional groups attached to an aromatic ring is 1. The van der Waals surface area contributed by atoms with Gasteiger partial charge in [0.05, 0.1) is 0 Å². The van der Waals surface area contributed by atoms with E-state index in [0.29, 0.717) is 6.42 Å². The molecule has 16 heavy (non-hydrogen) atoms. The molecule has 0 atom stereocenters. The molecule has 0 amide bonds. The van der Waals surface area contributed by atoms with E-state index in [-0.39, 0.29) is 17.5 Å². The molecule has 8 nitrogen and oxygen atoms in total. The Balaban J connectivity index is 2.76. The second-order valence-corrected chi connectivity index (χ2v) is 4.49. The predicted molar refractivity (Wildman–Crippen MR) is 52.6 cm³/mol. The van der Waals surface area contributed by atoms with Gasteiger partial charge in [0.1, 0.15) is 5.76 Å². The van der Waals surface area contributed by atoms with Crippen molar-refractivity contribution in [2.24, 2.45) is 0 Å². The fourth-order valence-electron chi connectivity index (χ4n) is 0.980. The number of oxazole rings is 1. The van der Waals surface area contributed by atoms with Crippen LogP contribution in [0.25, 0.3) is 0 Å². The average molecular weight is 250 g/mol. The molecule has 0 spiro atoms. The van der Waals surface area contributed by atoms with E-state index in [9.17, 15) is 9.36 Å². The number of aromatic nitrogens is 1. The average Bonchev–Trinajstić information content (AvgIpc) is 2.55. The number of carbonyl (C=O) groups excluding carboxylic acids is 1. The molecular formula is C7H11N2O6P. The summed E-state index contributed by atoms with van der Waals surface area (Å²) in [5, 5.41) is 0. The molecule has 1 heterocycles. The Kier molecular flexibility index (Phi) is 3.69. The van der Waals surface area contributed by atoms with E-state index in [1.807, 2.05) is 0 Å². The standard InChI is InChI=1S/C7H11N2O6P/c1-2-4-5(9-7(8)15-4)6(10)14-3-16(11,12)13/h2-3H2,1H3,(H2,8,9)(H2,11,12,13). The molecular weight excluding hydrogens is 239 g/mol. The first-order chi connectivity index (χ1) is 7.33. The molecule has 0 aromatic carbocycles. The van der Waals surface area contributed by atoms with Crippen LogP contribution < -0.4 is 5.73 Å². The number of aryl methyl sites for hydroxylation is 1. The third-order valence-electron chi connectivity index (χ3n) is 1.59. The second kappa shape index (κ2) is 4.65. The highest BCUT2D eigenvalue weighted by atomic mass is 31.2. The maximum Gasteiger partial charge on any atom is 0.362 e. The van der Waals surface area contributed by atoms with Crippen LogP contribution in [0.3, 0.4) is 0 Å². The van der Waals surface area contributed by atoms with Gasteiger partial charge in [-0.25, -0.2) is 4.79 Å². The van der Waals surface area contributed by atoms with E-state index in [1.54, 1.807) is 6.92 Å². The van der Waals surface area contributed by atoms with Gasteiger partial charge in [-0.1, -0.05) is 6.92 Å². The maximum atomic E-state index is 11.3. The molecule has 0 aliphatic rings. The van der Waals surface area contributed by atoms with Crippen molar-refractivity contribution < 1.29 is 28.3 Å². The minimum absolute atomic E-state index is 0.159. The lowest BCUT2D eigenvalue weighted by Crippen LogP contribution is -2.09. The van der Waals surface area contributed by atoms with E-state index < -0.39 is 19.9 Å². The summed E-state index contributed by atoms with van der Waals surface area (Å²) in [5.74, 6) is -0.756. The van der Waals surface area contributed by atoms with Gasteiger partial charge in [-0.3, -0.25) is 4.57 Å². The number of esters is 1. The van der Waals surface area contributed by atoms with Crippen LogP contribution in [-0.2, 0) is 15.7 Å². The van der Waals surface area contributed by atoms with Crippen LogP contribution in [0.1, 0.15) is 23.2 Å². The summed E-state index contributed by atoms with van der Waals surface area (Å²) in [5.41, 5.74) is 5.08. The second-order valence-electron chi connectivity index (χ2n) is 2.90. The SMILES string of the molecule is CCc1oc(N)nc1C(=O)OCP(=O)(O)O. The third kappa shape index (κ3) is 3.34. The Labute approximate surface area is 90.6 Å². The summed E-state index contributed by atoms with van der Waals surface area (Å²) in [7, 11) is -4.39. The number of hydrogen-bond donors (Lipinski definition) is 3. The van der Waals surface area contributed by atoms with Crippen LogP contribution in [-0.4, -0.2) is 27.1 Å². The fraction of sp³-hybridized carbons (Fsp3) is 0.429. The van der Waals surface area contributed by atoms with E-state index >= 15 is 0 Å². The first kappa shape index (κ1) is 12.7. The van der Waals surface area contributed by atoms with Crippen LogP contribution in [0.5, 0.6) is 0 Å². The lowest BCUT2D eigenvalue weighted by atomic mass is 10.3. The predicted octanol–water partition coefficient (Wildman–Crippen LogP) is 0.111. The van der Waals surface area contributed by atoms with Gasteiger partial charge in [0.25, 0.3) is 6.01 Å². The molecule has 0 radical (unpaired) electrons. The highest BCUT2D eigenvalue weighted by Crippen LogP contribution is 2.34. The first-order valence-electron chi connectivity index (χ1n) is 4.30. The largest absolute Gasteiger partial charge is 0.448 e. The van der Waals surface area contributed by atoms with Crippen molar-refractivity contribution in [2.75, 3.05) is 12.1 Å².